The number of nitrogens with zero attached hydrogens (tertiary/aromatic N) is 1. The van der Waals surface area contributed by atoms with Crippen molar-refractivity contribution in [2.24, 2.45) is 5.92 Å². The van der Waals surface area contributed by atoms with E-state index in [-0.39, 0.29) is 11.8 Å². The minimum absolute atomic E-state index is 0.0569. The van der Waals surface area contributed by atoms with Gasteiger partial charge in [-0.05, 0) is 12.5 Å². The van der Waals surface area contributed by atoms with Crippen LogP contribution in [0.1, 0.15) is 20.3 Å². The molecule has 0 saturated heterocycles. The second kappa shape index (κ2) is 5.33. The average Bonchev–Trinajstić information content (AvgIpc) is 2.20. The van der Waals surface area contributed by atoms with Crippen LogP contribution in [0.25, 0.3) is 0 Å². The van der Waals surface area contributed by atoms with Crippen LogP contribution in [-0.2, 0) is 4.79 Å². The average molecular weight is 247 g/mol. The van der Waals surface area contributed by atoms with Gasteiger partial charge in [-0.2, -0.15) is 0 Å². The molecule has 1 amide bonds. The Labute approximate surface area is 98.8 Å². The topological polar surface area (TPSA) is 42.0 Å². The van der Waals surface area contributed by atoms with Gasteiger partial charge < -0.3 is 5.32 Å². The lowest BCUT2D eigenvalue weighted by atomic mass is 10.1. The molecule has 0 aliphatic carbocycles. The van der Waals surface area contributed by atoms with Gasteiger partial charge >= 0.3 is 0 Å². The summed E-state index contributed by atoms with van der Waals surface area (Å²) in [4.78, 5) is 15.5. The molecule has 15 heavy (non-hydrogen) atoms. The Hall–Kier alpha value is -0.800. The van der Waals surface area contributed by atoms with Gasteiger partial charge in [0.15, 0.2) is 5.82 Å². The zero-order valence-electron chi connectivity index (χ0n) is 8.55. The first-order valence-corrected chi connectivity index (χ1v) is 5.42. The normalized spacial score (nSPS) is 12.3. The molecule has 0 aliphatic rings. The summed E-state index contributed by atoms with van der Waals surface area (Å²) in [5, 5.41) is 3.44. The quantitative estimate of drug-likeness (QED) is 0.889. The van der Waals surface area contributed by atoms with Crippen LogP contribution >= 0.6 is 23.2 Å². The van der Waals surface area contributed by atoms with Crippen molar-refractivity contribution in [3.8, 4) is 0 Å². The molecule has 0 bridgehead atoms. The Balaban J connectivity index is 2.77. The molecule has 1 N–H and O–H groups in total. The van der Waals surface area contributed by atoms with E-state index in [1.165, 1.54) is 6.20 Å². The third-order valence-corrected chi connectivity index (χ3v) is 2.60. The Morgan fingerprint density at radius 1 is 1.60 bits per heavy atom. The van der Waals surface area contributed by atoms with Crippen LogP contribution in [0.15, 0.2) is 12.3 Å². The smallest absolute Gasteiger partial charge is 0.228 e. The molecule has 0 aromatic carbocycles. The van der Waals surface area contributed by atoms with Gasteiger partial charge in [0.2, 0.25) is 5.91 Å². The van der Waals surface area contributed by atoms with Crippen LogP contribution in [0.3, 0.4) is 0 Å². The Kier molecular flexibility index (Phi) is 4.36. The highest BCUT2D eigenvalue weighted by Gasteiger charge is 2.12. The van der Waals surface area contributed by atoms with Crippen molar-refractivity contribution in [3.05, 3.63) is 22.3 Å². The zero-order chi connectivity index (χ0) is 11.4. The molecule has 1 heterocycles. The predicted molar refractivity (Wildman–Crippen MR) is 62.3 cm³/mol. The van der Waals surface area contributed by atoms with E-state index in [1.807, 2.05) is 13.8 Å². The van der Waals surface area contributed by atoms with E-state index in [9.17, 15) is 4.79 Å². The number of pyridine rings is 1. The summed E-state index contributed by atoms with van der Waals surface area (Å²) in [6, 6.07) is 1.54. The second-order valence-electron chi connectivity index (χ2n) is 3.28. The number of carbonyl (C=O) groups excluding carboxylic acids is 1. The molecule has 0 spiro atoms. The van der Waals surface area contributed by atoms with Gasteiger partial charge in [0.25, 0.3) is 0 Å². The first kappa shape index (κ1) is 12.3. The molecule has 1 atom stereocenters. The summed E-state index contributed by atoms with van der Waals surface area (Å²) in [5.41, 5.74) is 0. The van der Waals surface area contributed by atoms with Crippen molar-refractivity contribution < 1.29 is 4.79 Å². The third kappa shape index (κ3) is 3.36. The summed E-state index contributed by atoms with van der Waals surface area (Å²) in [5.74, 6) is 0.208. The Bertz CT molecular complexity index is 368. The Morgan fingerprint density at radius 3 is 2.80 bits per heavy atom. The molecule has 1 unspecified atom stereocenters. The maximum absolute atomic E-state index is 11.5. The van der Waals surface area contributed by atoms with Gasteiger partial charge in [-0.3, -0.25) is 4.79 Å². The van der Waals surface area contributed by atoms with Gasteiger partial charge in [0.05, 0.1) is 10.0 Å². The van der Waals surface area contributed by atoms with E-state index in [4.69, 9.17) is 23.2 Å². The van der Waals surface area contributed by atoms with Crippen molar-refractivity contribution in [2.45, 2.75) is 20.3 Å². The molecule has 5 heteroatoms. The minimum atomic E-state index is -0.0887. The van der Waals surface area contributed by atoms with Crippen LogP contribution in [0.4, 0.5) is 5.82 Å². The standard InChI is InChI=1S/C10H12Cl2N2O/c1-3-6(2)10(15)14-9-8(12)4-7(11)5-13-9/h4-6H,3H2,1-2H3,(H,13,14,15). The van der Waals surface area contributed by atoms with E-state index in [2.05, 4.69) is 10.3 Å². The maximum Gasteiger partial charge on any atom is 0.228 e. The summed E-state index contributed by atoms with van der Waals surface area (Å²) >= 11 is 11.5. The largest absolute Gasteiger partial charge is 0.309 e. The number of carbonyl (C=O) groups is 1. The van der Waals surface area contributed by atoms with Crippen LogP contribution in [-0.4, -0.2) is 10.9 Å². The van der Waals surface area contributed by atoms with Gasteiger partial charge in [-0.15, -0.1) is 0 Å². The van der Waals surface area contributed by atoms with Crippen molar-refractivity contribution in [2.75, 3.05) is 5.32 Å². The van der Waals surface area contributed by atoms with Crippen LogP contribution < -0.4 is 5.32 Å². The fraction of sp³-hybridized carbons (Fsp3) is 0.400. The molecule has 3 nitrogen and oxygen atoms in total. The fourth-order valence-corrected chi connectivity index (χ4v) is 1.36. The van der Waals surface area contributed by atoms with Gasteiger partial charge in [-0.25, -0.2) is 4.98 Å². The molecule has 0 aliphatic heterocycles. The molecule has 1 aromatic heterocycles. The van der Waals surface area contributed by atoms with Gasteiger partial charge in [0, 0.05) is 12.1 Å². The van der Waals surface area contributed by atoms with Crippen molar-refractivity contribution in [1.82, 2.24) is 4.98 Å². The highest BCUT2D eigenvalue weighted by atomic mass is 35.5. The van der Waals surface area contributed by atoms with Crippen LogP contribution in [0.2, 0.25) is 10.0 Å². The van der Waals surface area contributed by atoms with Gasteiger partial charge in [0.1, 0.15) is 0 Å². The number of hydrogen-bond donors (Lipinski definition) is 1. The number of aromatic nitrogens is 1. The number of anilines is 1. The summed E-state index contributed by atoms with van der Waals surface area (Å²) in [6.07, 6.45) is 2.22. The molecular weight excluding hydrogens is 235 g/mol. The SMILES string of the molecule is CCC(C)C(=O)Nc1ncc(Cl)cc1Cl. The molecule has 0 radical (unpaired) electrons. The third-order valence-electron chi connectivity index (χ3n) is 2.11. The van der Waals surface area contributed by atoms with Crippen molar-refractivity contribution in [1.29, 1.82) is 0 Å². The maximum atomic E-state index is 11.5. The lowest BCUT2D eigenvalue weighted by Crippen LogP contribution is -2.20. The first-order valence-electron chi connectivity index (χ1n) is 4.66. The molecular formula is C10H12Cl2N2O. The minimum Gasteiger partial charge on any atom is -0.309 e. The Morgan fingerprint density at radius 2 is 2.27 bits per heavy atom. The zero-order valence-corrected chi connectivity index (χ0v) is 10.1. The van der Waals surface area contributed by atoms with Gasteiger partial charge in [-0.1, -0.05) is 37.0 Å². The van der Waals surface area contributed by atoms with E-state index >= 15 is 0 Å². The monoisotopic (exact) mass is 246 g/mol. The van der Waals surface area contributed by atoms with Crippen LogP contribution in [0, 0.1) is 5.92 Å². The fourth-order valence-electron chi connectivity index (χ4n) is 0.932. The van der Waals surface area contributed by atoms with Crippen molar-refractivity contribution >= 4 is 34.9 Å². The number of amides is 1. The van der Waals surface area contributed by atoms with E-state index in [1.54, 1.807) is 6.07 Å². The molecule has 1 aromatic rings. The molecule has 82 valence electrons. The molecule has 0 saturated carbocycles. The van der Waals surface area contributed by atoms with E-state index < -0.39 is 0 Å². The molecule has 1 rings (SSSR count). The van der Waals surface area contributed by atoms with E-state index in [0.717, 1.165) is 6.42 Å². The summed E-state index contributed by atoms with van der Waals surface area (Å²) < 4.78 is 0. The van der Waals surface area contributed by atoms with E-state index in [0.29, 0.717) is 15.9 Å². The summed E-state index contributed by atoms with van der Waals surface area (Å²) in [7, 11) is 0. The molecule has 0 fully saturated rings. The lowest BCUT2D eigenvalue weighted by molar-refractivity contribution is -0.119. The van der Waals surface area contributed by atoms with Crippen LogP contribution in [0.5, 0.6) is 0 Å². The number of rotatable bonds is 3. The predicted octanol–water partition coefficient (Wildman–Crippen LogP) is 3.37. The lowest BCUT2D eigenvalue weighted by Gasteiger charge is -2.10. The number of nitrogens with one attached hydrogen (secondary N) is 1. The first-order chi connectivity index (χ1) is 7.04. The second-order valence-corrected chi connectivity index (χ2v) is 4.13. The number of hydrogen-bond acceptors (Lipinski definition) is 2. The highest BCUT2D eigenvalue weighted by molar-refractivity contribution is 6.36. The summed E-state index contributed by atoms with van der Waals surface area (Å²) in [6.45, 7) is 3.79. The highest BCUT2D eigenvalue weighted by Crippen LogP contribution is 2.23. The van der Waals surface area contributed by atoms with Crippen molar-refractivity contribution in [3.63, 3.8) is 0 Å². The number of halogens is 2.